The summed E-state index contributed by atoms with van der Waals surface area (Å²) in [6.07, 6.45) is -4.30. The zero-order valence-corrected chi connectivity index (χ0v) is 13.4. The summed E-state index contributed by atoms with van der Waals surface area (Å²) < 4.78 is 65.5. The number of hydrogen-bond acceptors (Lipinski definition) is 3. The lowest BCUT2D eigenvalue weighted by Gasteiger charge is -2.29. The largest absolute Gasteiger partial charge is 0.416 e. The SMILES string of the molecule is CCC1=Nc2ccccc2S(=O)(=O)N1c1cccc(C(F)(F)F)c1. The first kappa shape index (κ1) is 16.5. The van der Waals surface area contributed by atoms with Gasteiger partial charge in [-0.1, -0.05) is 25.1 Å². The van der Waals surface area contributed by atoms with E-state index in [1.807, 2.05) is 0 Å². The number of fused-ring (bicyclic) bond motifs is 1. The third kappa shape index (κ3) is 2.66. The molecule has 0 spiro atoms. The molecule has 1 aliphatic rings. The van der Waals surface area contributed by atoms with Crippen LogP contribution in [0.15, 0.2) is 58.4 Å². The quantitative estimate of drug-likeness (QED) is 0.805. The summed E-state index contributed by atoms with van der Waals surface area (Å²) >= 11 is 0. The molecule has 4 nitrogen and oxygen atoms in total. The number of sulfonamides is 1. The molecule has 0 aromatic heterocycles. The summed E-state index contributed by atoms with van der Waals surface area (Å²) in [6.45, 7) is 1.70. The van der Waals surface area contributed by atoms with E-state index in [1.54, 1.807) is 25.1 Å². The number of rotatable bonds is 2. The van der Waals surface area contributed by atoms with Crippen LogP contribution in [0.4, 0.5) is 24.5 Å². The van der Waals surface area contributed by atoms with Crippen molar-refractivity contribution in [1.82, 2.24) is 0 Å². The highest BCUT2D eigenvalue weighted by atomic mass is 32.2. The molecule has 2 aromatic carbocycles. The number of alkyl halides is 3. The summed E-state index contributed by atoms with van der Waals surface area (Å²) in [5.41, 5.74) is -0.706. The number of aliphatic imine (C=N–C) groups is 1. The van der Waals surface area contributed by atoms with Crippen molar-refractivity contribution in [2.45, 2.75) is 24.4 Å². The number of benzene rings is 2. The van der Waals surface area contributed by atoms with Crippen LogP contribution >= 0.6 is 0 Å². The van der Waals surface area contributed by atoms with Gasteiger partial charge < -0.3 is 0 Å². The number of amidine groups is 1. The number of anilines is 1. The summed E-state index contributed by atoms with van der Waals surface area (Å²) in [7, 11) is -4.02. The minimum absolute atomic E-state index is 0.0281. The maximum atomic E-state index is 12.9. The molecule has 1 heterocycles. The summed E-state index contributed by atoms with van der Waals surface area (Å²) in [5.74, 6) is 0.174. The molecular formula is C16H13F3N2O2S. The number of hydrogen-bond donors (Lipinski definition) is 0. The van der Waals surface area contributed by atoms with Gasteiger partial charge in [0, 0.05) is 6.42 Å². The fourth-order valence-corrected chi connectivity index (χ4v) is 4.17. The highest BCUT2D eigenvalue weighted by Gasteiger charge is 2.36. The summed E-state index contributed by atoms with van der Waals surface area (Å²) in [6, 6.07) is 10.4. The van der Waals surface area contributed by atoms with Gasteiger partial charge in [0.2, 0.25) is 0 Å². The Morgan fingerprint density at radius 2 is 1.79 bits per heavy atom. The van der Waals surface area contributed by atoms with Gasteiger partial charge >= 0.3 is 6.18 Å². The molecule has 0 saturated carbocycles. The topological polar surface area (TPSA) is 49.7 Å². The molecule has 24 heavy (non-hydrogen) atoms. The first-order chi connectivity index (χ1) is 11.2. The molecule has 2 aromatic rings. The van der Waals surface area contributed by atoms with Crippen LogP contribution in [-0.4, -0.2) is 14.3 Å². The van der Waals surface area contributed by atoms with Gasteiger partial charge in [-0.15, -0.1) is 0 Å². The molecule has 0 fully saturated rings. The van der Waals surface area contributed by atoms with E-state index in [4.69, 9.17) is 0 Å². The molecule has 0 N–H and O–H groups in total. The minimum Gasteiger partial charge on any atom is -0.233 e. The van der Waals surface area contributed by atoms with E-state index >= 15 is 0 Å². The van der Waals surface area contributed by atoms with Crippen molar-refractivity contribution in [3.63, 3.8) is 0 Å². The Bertz CT molecular complexity index is 921. The molecule has 0 amide bonds. The van der Waals surface area contributed by atoms with E-state index in [2.05, 4.69) is 4.99 Å². The molecule has 126 valence electrons. The van der Waals surface area contributed by atoms with Gasteiger partial charge in [-0.05, 0) is 30.3 Å². The molecule has 1 aliphatic heterocycles. The molecule has 0 unspecified atom stereocenters. The second-order valence-electron chi connectivity index (χ2n) is 5.17. The van der Waals surface area contributed by atoms with Crippen molar-refractivity contribution in [3.8, 4) is 0 Å². The second kappa shape index (κ2) is 5.62. The molecule has 0 radical (unpaired) electrons. The first-order valence-electron chi connectivity index (χ1n) is 7.14. The van der Waals surface area contributed by atoms with Crippen molar-refractivity contribution in [1.29, 1.82) is 0 Å². The van der Waals surface area contributed by atoms with E-state index < -0.39 is 21.8 Å². The van der Waals surface area contributed by atoms with Crippen LogP contribution in [0.25, 0.3) is 0 Å². The summed E-state index contributed by atoms with van der Waals surface area (Å²) in [5, 5.41) is 0. The highest BCUT2D eigenvalue weighted by molar-refractivity contribution is 7.93. The highest BCUT2D eigenvalue weighted by Crippen LogP contribution is 2.38. The van der Waals surface area contributed by atoms with Crippen LogP contribution in [-0.2, 0) is 16.2 Å². The van der Waals surface area contributed by atoms with Crippen molar-refractivity contribution >= 4 is 27.2 Å². The molecular weight excluding hydrogens is 341 g/mol. The molecule has 0 bridgehead atoms. The Morgan fingerprint density at radius 3 is 2.46 bits per heavy atom. The van der Waals surface area contributed by atoms with Crippen LogP contribution < -0.4 is 4.31 Å². The average Bonchev–Trinajstić information content (AvgIpc) is 2.53. The van der Waals surface area contributed by atoms with Gasteiger partial charge in [-0.3, -0.25) is 0 Å². The van der Waals surface area contributed by atoms with Gasteiger partial charge in [0.15, 0.2) is 0 Å². The van der Waals surface area contributed by atoms with Gasteiger partial charge in [-0.2, -0.15) is 13.2 Å². The minimum atomic E-state index is -4.56. The summed E-state index contributed by atoms with van der Waals surface area (Å²) in [4.78, 5) is 4.26. The van der Waals surface area contributed by atoms with Gasteiger partial charge in [0.05, 0.1) is 16.9 Å². The Morgan fingerprint density at radius 1 is 1.08 bits per heavy atom. The van der Waals surface area contributed by atoms with E-state index in [9.17, 15) is 21.6 Å². The zero-order valence-electron chi connectivity index (χ0n) is 12.6. The monoisotopic (exact) mass is 354 g/mol. The number of nitrogens with zero attached hydrogens (tertiary/aromatic N) is 2. The van der Waals surface area contributed by atoms with Crippen LogP contribution in [0.1, 0.15) is 18.9 Å². The normalized spacial score (nSPS) is 16.5. The number of para-hydroxylation sites is 1. The Labute approximate surface area is 137 Å². The number of halogens is 3. The van der Waals surface area contributed by atoms with Gasteiger partial charge in [-0.25, -0.2) is 17.7 Å². The fourth-order valence-electron chi connectivity index (χ4n) is 2.51. The van der Waals surface area contributed by atoms with E-state index in [0.29, 0.717) is 0 Å². The van der Waals surface area contributed by atoms with Crippen LogP contribution in [0.2, 0.25) is 0 Å². The van der Waals surface area contributed by atoms with Gasteiger partial charge in [0.1, 0.15) is 10.7 Å². The van der Waals surface area contributed by atoms with Crippen LogP contribution in [0.3, 0.4) is 0 Å². The molecule has 8 heteroatoms. The third-order valence-electron chi connectivity index (χ3n) is 3.59. The second-order valence-corrected chi connectivity index (χ2v) is 6.92. The molecule has 0 atom stereocenters. The Balaban J connectivity index is 2.21. The third-order valence-corrected chi connectivity index (χ3v) is 5.39. The Kier molecular flexibility index (Phi) is 3.87. The fraction of sp³-hybridized carbons (Fsp3) is 0.188. The van der Waals surface area contributed by atoms with E-state index in [-0.39, 0.29) is 28.5 Å². The van der Waals surface area contributed by atoms with Crippen molar-refractivity contribution < 1.29 is 21.6 Å². The van der Waals surface area contributed by atoms with Crippen LogP contribution in [0, 0.1) is 0 Å². The van der Waals surface area contributed by atoms with E-state index in [0.717, 1.165) is 16.4 Å². The first-order valence-corrected chi connectivity index (χ1v) is 8.58. The average molecular weight is 354 g/mol. The standard InChI is InChI=1S/C16H13F3N2O2S/c1-2-15-20-13-8-3-4-9-14(13)24(22,23)21(15)12-7-5-6-11(10-12)16(17,18)19/h3-10H,2H2,1H3. The lowest BCUT2D eigenvalue weighted by Crippen LogP contribution is -2.39. The predicted molar refractivity (Wildman–Crippen MR) is 84.9 cm³/mol. The van der Waals surface area contributed by atoms with Crippen molar-refractivity contribution in [2.24, 2.45) is 4.99 Å². The van der Waals surface area contributed by atoms with Crippen molar-refractivity contribution in [3.05, 3.63) is 54.1 Å². The van der Waals surface area contributed by atoms with Gasteiger partial charge in [0.25, 0.3) is 10.0 Å². The smallest absolute Gasteiger partial charge is 0.233 e. The molecule has 0 saturated heterocycles. The Hall–Kier alpha value is -2.35. The molecule has 0 aliphatic carbocycles. The lowest BCUT2D eigenvalue weighted by molar-refractivity contribution is -0.137. The van der Waals surface area contributed by atoms with E-state index in [1.165, 1.54) is 18.2 Å². The van der Waals surface area contributed by atoms with Crippen molar-refractivity contribution in [2.75, 3.05) is 4.31 Å². The maximum absolute atomic E-state index is 12.9. The predicted octanol–water partition coefficient (Wildman–Crippen LogP) is 4.35. The van der Waals surface area contributed by atoms with Crippen LogP contribution in [0.5, 0.6) is 0 Å². The molecule has 3 rings (SSSR count). The lowest BCUT2D eigenvalue weighted by atomic mass is 10.2. The zero-order chi connectivity index (χ0) is 17.5. The maximum Gasteiger partial charge on any atom is 0.416 e.